The number of hydrogen-bond donors (Lipinski definition) is 1. The van der Waals surface area contributed by atoms with Gasteiger partial charge in [0, 0.05) is 14.9 Å². The fraction of sp³-hybridized carbons (Fsp3) is 0.200. The third-order valence-corrected chi connectivity index (χ3v) is 4.99. The molecule has 2 aromatic rings. The lowest BCUT2D eigenvalue weighted by Crippen LogP contribution is -2.14. The lowest BCUT2D eigenvalue weighted by Gasteiger charge is -2.06. The Bertz CT molecular complexity index is 694. The van der Waals surface area contributed by atoms with E-state index >= 15 is 0 Å². The number of ketones is 1. The van der Waals surface area contributed by atoms with Crippen LogP contribution in [0.1, 0.15) is 26.4 Å². The maximum absolute atomic E-state index is 12.7. The molecule has 1 aromatic heterocycles. The molecule has 0 aliphatic rings. The zero-order valence-corrected chi connectivity index (χ0v) is 14.7. The minimum absolute atomic E-state index is 0.103. The molecule has 1 amide bonds. The molecule has 1 heterocycles. The highest BCUT2D eigenvalue weighted by Crippen LogP contribution is 2.34. The van der Waals surface area contributed by atoms with Gasteiger partial charge in [0.15, 0.2) is 5.78 Å². The number of thiophene rings is 1. The van der Waals surface area contributed by atoms with Crippen molar-refractivity contribution in [2.75, 3.05) is 11.2 Å². The number of carbonyl (C=O) groups is 2. The predicted molar refractivity (Wildman–Crippen MR) is 90.7 cm³/mol. The van der Waals surface area contributed by atoms with Gasteiger partial charge in [0.2, 0.25) is 5.91 Å². The average Bonchev–Trinajstić information content (AvgIpc) is 2.73. The highest BCUT2D eigenvalue weighted by molar-refractivity contribution is 9.10. The van der Waals surface area contributed by atoms with Gasteiger partial charge in [-0.1, -0.05) is 15.9 Å². The van der Waals surface area contributed by atoms with Crippen molar-refractivity contribution in [2.45, 2.75) is 13.8 Å². The number of aryl methyl sites for hydroxylation is 1. The van der Waals surface area contributed by atoms with E-state index in [0.717, 1.165) is 14.9 Å². The van der Waals surface area contributed by atoms with Crippen molar-refractivity contribution in [2.24, 2.45) is 0 Å². The Morgan fingerprint density at radius 2 is 1.86 bits per heavy atom. The standard InChI is InChI=1S/C15H13BrClNO2S/c1-8-9(2)21-15(18-12(19)7-17)13(8)14(20)10-3-5-11(16)6-4-10/h3-6H,7H2,1-2H3,(H,18,19). The van der Waals surface area contributed by atoms with Gasteiger partial charge in [-0.3, -0.25) is 9.59 Å². The molecule has 0 spiro atoms. The lowest BCUT2D eigenvalue weighted by atomic mass is 10.0. The smallest absolute Gasteiger partial charge is 0.239 e. The number of nitrogens with one attached hydrogen (secondary N) is 1. The molecule has 1 N–H and O–H groups in total. The maximum Gasteiger partial charge on any atom is 0.239 e. The molecule has 0 fully saturated rings. The Morgan fingerprint density at radius 3 is 2.43 bits per heavy atom. The van der Waals surface area contributed by atoms with E-state index in [9.17, 15) is 9.59 Å². The number of halogens is 2. The first-order valence-electron chi connectivity index (χ1n) is 6.20. The predicted octanol–water partition coefficient (Wildman–Crippen LogP) is 4.54. The van der Waals surface area contributed by atoms with E-state index in [4.69, 9.17) is 11.6 Å². The summed E-state index contributed by atoms with van der Waals surface area (Å²) >= 11 is 10.3. The Balaban J connectivity index is 2.44. The van der Waals surface area contributed by atoms with Gasteiger partial charge in [0.25, 0.3) is 0 Å². The SMILES string of the molecule is Cc1sc(NC(=O)CCl)c(C(=O)c2ccc(Br)cc2)c1C. The van der Waals surface area contributed by atoms with E-state index in [1.807, 2.05) is 26.0 Å². The maximum atomic E-state index is 12.7. The van der Waals surface area contributed by atoms with E-state index in [0.29, 0.717) is 16.1 Å². The lowest BCUT2D eigenvalue weighted by molar-refractivity contribution is -0.113. The van der Waals surface area contributed by atoms with Crippen LogP contribution in [-0.4, -0.2) is 17.6 Å². The first-order chi connectivity index (χ1) is 9.93. The van der Waals surface area contributed by atoms with Crippen molar-refractivity contribution in [3.05, 3.63) is 50.3 Å². The minimum atomic E-state index is -0.317. The van der Waals surface area contributed by atoms with Crippen LogP contribution in [0.25, 0.3) is 0 Å². The van der Waals surface area contributed by atoms with Crippen molar-refractivity contribution < 1.29 is 9.59 Å². The fourth-order valence-corrected chi connectivity index (χ4v) is 3.30. The Morgan fingerprint density at radius 1 is 1.24 bits per heavy atom. The summed E-state index contributed by atoms with van der Waals surface area (Å²) in [4.78, 5) is 25.2. The molecule has 1 aromatic carbocycles. The van der Waals surface area contributed by atoms with Gasteiger partial charge in [0.1, 0.15) is 10.9 Å². The Labute approximate surface area is 140 Å². The van der Waals surface area contributed by atoms with Crippen LogP contribution in [0.5, 0.6) is 0 Å². The average molecular weight is 387 g/mol. The van der Waals surface area contributed by atoms with Crippen molar-refractivity contribution in [1.82, 2.24) is 0 Å². The van der Waals surface area contributed by atoms with E-state index in [1.54, 1.807) is 12.1 Å². The number of amides is 1. The molecule has 21 heavy (non-hydrogen) atoms. The summed E-state index contributed by atoms with van der Waals surface area (Å²) < 4.78 is 0.910. The van der Waals surface area contributed by atoms with Crippen LogP contribution in [-0.2, 0) is 4.79 Å². The normalized spacial score (nSPS) is 10.5. The molecule has 0 saturated heterocycles. The summed E-state index contributed by atoms with van der Waals surface area (Å²) in [6.07, 6.45) is 0. The summed E-state index contributed by atoms with van der Waals surface area (Å²) in [5.41, 5.74) is 2.01. The molecule has 2 rings (SSSR count). The Kier molecular flexibility index (Phi) is 5.19. The summed E-state index contributed by atoms with van der Waals surface area (Å²) in [6, 6.07) is 7.15. The van der Waals surface area contributed by atoms with Gasteiger partial charge in [-0.2, -0.15) is 0 Å². The van der Waals surface area contributed by atoms with Crippen LogP contribution in [0.15, 0.2) is 28.7 Å². The molecule has 0 atom stereocenters. The van der Waals surface area contributed by atoms with E-state index in [2.05, 4.69) is 21.2 Å². The highest BCUT2D eigenvalue weighted by atomic mass is 79.9. The van der Waals surface area contributed by atoms with Gasteiger partial charge in [-0.05, 0) is 43.7 Å². The monoisotopic (exact) mass is 385 g/mol. The summed E-state index contributed by atoms with van der Waals surface area (Å²) in [5.74, 6) is -0.556. The fourth-order valence-electron chi connectivity index (χ4n) is 1.89. The second kappa shape index (κ2) is 6.73. The molecular weight excluding hydrogens is 374 g/mol. The van der Waals surface area contributed by atoms with E-state index < -0.39 is 0 Å². The van der Waals surface area contributed by atoms with Crippen LogP contribution in [0.3, 0.4) is 0 Å². The third kappa shape index (κ3) is 3.54. The summed E-state index contributed by atoms with van der Waals surface area (Å²) in [7, 11) is 0. The number of anilines is 1. The van der Waals surface area contributed by atoms with Crippen LogP contribution < -0.4 is 5.32 Å². The molecular formula is C15H13BrClNO2S. The van der Waals surface area contributed by atoms with Crippen LogP contribution >= 0.6 is 38.9 Å². The molecule has 0 radical (unpaired) electrons. The van der Waals surface area contributed by atoms with Crippen molar-refractivity contribution in [3.8, 4) is 0 Å². The number of benzene rings is 1. The quantitative estimate of drug-likeness (QED) is 0.619. The molecule has 0 unspecified atom stereocenters. The zero-order valence-electron chi connectivity index (χ0n) is 11.5. The van der Waals surface area contributed by atoms with Crippen LogP contribution in [0.4, 0.5) is 5.00 Å². The molecule has 0 bridgehead atoms. The first kappa shape index (κ1) is 16.2. The largest absolute Gasteiger partial charge is 0.316 e. The van der Waals surface area contributed by atoms with Crippen LogP contribution in [0.2, 0.25) is 0 Å². The number of alkyl halides is 1. The molecule has 6 heteroatoms. The van der Waals surface area contributed by atoms with E-state index in [-0.39, 0.29) is 17.6 Å². The highest BCUT2D eigenvalue weighted by Gasteiger charge is 2.21. The van der Waals surface area contributed by atoms with Crippen molar-refractivity contribution in [3.63, 3.8) is 0 Å². The van der Waals surface area contributed by atoms with Crippen LogP contribution in [0, 0.1) is 13.8 Å². The Hall–Kier alpha value is -1.17. The van der Waals surface area contributed by atoms with Gasteiger partial charge in [-0.25, -0.2) is 0 Å². The molecule has 0 aliphatic carbocycles. The van der Waals surface area contributed by atoms with Gasteiger partial charge < -0.3 is 5.32 Å². The second-order valence-corrected chi connectivity index (χ2v) is 6.91. The molecule has 110 valence electrons. The third-order valence-electron chi connectivity index (χ3n) is 3.09. The first-order valence-corrected chi connectivity index (χ1v) is 8.34. The zero-order chi connectivity index (χ0) is 15.6. The minimum Gasteiger partial charge on any atom is -0.316 e. The van der Waals surface area contributed by atoms with Crippen molar-refractivity contribution in [1.29, 1.82) is 0 Å². The molecule has 3 nitrogen and oxygen atoms in total. The topological polar surface area (TPSA) is 46.2 Å². The summed E-state index contributed by atoms with van der Waals surface area (Å²) in [6.45, 7) is 3.81. The molecule has 0 saturated carbocycles. The number of carbonyl (C=O) groups excluding carboxylic acids is 2. The van der Waals surface area contributed by atoms with Gasteiger partial charge >= 0.3 is 0 Å². The second-order valence-electron chi connectivity index (χ2n) is 4.51. The molecule has 0 aliphatic heterocycles. The van der Waals surface area contributed by atoms with Gasteiger partial charge in [0.05, 0.1) is 5.56 Å². The van der Waals surface area contributed by atoms with Gasteiger partial charge in [-0.15, -0.1) is 22.9 Å². The number of hydrogen-bond acceptors (Lipinski definition) is 3. The number of rotatable bonds is 4. The van der Waals surface area contributed by atoms with Crippen molar-refractivity contribution >= 4 is 55.6 Å². The van der Waals surface area contributed by atoms with E-state index in [1.165, 1.54) is 11.3 Å². The summed E-state index contributed by atoms with van der Waals surface area (Å²) in [5, 5.41) is 3.26.